The van der Waals surface area contributed by atoms with Crippen LogP contribution in [-0.4, -0.2) is 9.67 Å². The topological polar surface area (TPSA) is 42.2 Å². The van der Waals surface area contributed by atoms with Crippen molar-refractivity contribution in [3.63, 3.8) is 0 Å². The van der Waals surface area contributed by atoms with Crippen LogP contribution in [0.1, 0.15) is 5.56 Å². The number of hydrogen-bond donors (Lipinski definition) is 1. The van der Waals surface area contributed by atoms with Crippen LogP contribution in [0.15, 0.2) is 35.1 Å². The summed E-state index contributed by atoms with van der Waals surface area (Å²) >= 11 is 5.77. The molecule has 0 atom stereocenters. The third-order valence-corrected chi connectivity index (χ3v) is 3.03. The zero-order valence-electron chi connectivity index (χ0n) is 9.57. The minimum absolute atomic E-state index is 0.202. The number of aryl methyl sites for hydroxylation is 1. The van der Waals surface area contributed by atoms with Gasteiger partial charge in [-0.05, 0) is 42.8 Å². The monoisotopic (exact) mass is 249 g/mol. The van der Waals surface area contributed by atoms with Gasteiger partial charge in [-0.2, -0.15) is 0 Å². The fourth-order valence-corrected chi connectivity index (χ4v) is 2.00. The Morgan fingerprint density at radius 3 is 2.59 bits per heavy atom. The Balaban J connectivity index is 2.69. The van der Waals surface area contributed by atoms with Gasteiger partial charge in [-0.1, -0.05) is 11.6 Å². The first-order chi connectivity index (χ1) is 8.00. The SMILES string of the molecule is Cc1cc(O)ccc1-c1ccc(Cl)c(=O)n1C. The molecule has 0 aliphatic carbocycles. The van der Waals surface area contributed by atoms with Crippen LogP contribution in [0.4, 0.5) is 0 Å². The summed E-state index contributed by atoms with van der Waals surface area (Å²) in [6.45, 7) is 1.88. The van der Waals surface area contributed by atoms with E-state index in [-0.39, 0.29) is 16.3 Å². The number of benzene rings is 1. The van der Waals surface area contributed by atoms with Gasteiger partial charge in [0.2, 0.25) is 0 Å². The number of hydrogen-bond acceptors (Lipinski definition) is 2. The van der Waals surface area contributed by atoms with Gasteiger partial charge >= 0.3 is 0 Å². The van der Waals surface area contributed by atoms with Crippen LogP contribution in [-0.2, 0) is 7.05 Å². The van der Waals surface area contributed by atoms with Crippen LogP contribution in [0.3, 0.4) is 0 Å². The van der Waals surface area contributed by atoms with Gasteiger partial charge in [0.15, 0.2) is 0 Å². The van der Waals surface area contributed by atoms with Gasteiger partial charge in [0, 0.05) is 12.6 Å². The van der Waals surface area contributed by atoms with Crippen molar-refractivity contribution in [2.24, 2.45) is 7.05 Å². The Kier molecular flexibility index (Phi) is 2.94. The van der Waals surface area contributed by atoms with Gasteiger partial charge in [-0.25, -0.2) is 0 Å². The molecule has 0 saturated heterocycles. The van der Waals surface area contributed by atoms with Crippen molar-refractivity contribution in [3.8, 4) is 17.0 Å². The molecule has 0 aliphatic rings. The van der Waals surface area contributed by atoms with E-state index in [2.05, 4.69) is 0 Å². The highest BCUT2D eigenvalue weighted by Crippen LogP contribution is 2.25. The maximum atomic E-state index is 11.7. The molecule has 0 amide bonds. The molecule has 0 unspecified atom stereocenters. The van der Waals surface area contributed by atoms with Crippen molar-refractivity contribution in [3.05, 3.63) is 51.3 Å². The molecule has 0 bridgehead atoms. The minimum atomic E-state index is -0.225. The van der Waals surface area contributed by atoms with E-state index in [1.165, 1.54) is 4.57 Å². The Labute approximate surface area is 104 Å². The van der Waals surface area contributed by atoms with Crippen molar-refractivity contribution in [2.75, 3.05) is 0 Å². The predicted molar refractivity (Wildman–Crippen MR) is 68.5 cm³/mol. The third kappa shape index (κ3) is 2.06. The maximum Gasteiger partial charge on any atom is 0.269 e. The number of phenolic OH excluding ortho intramolecular Hbond substituents is 1. The van der Waals surface area contributed by atoms with Crippen molar-refractivity contribution in [1.29, 1.82) is 0 Å². The molecule has 1 N–H and O–H groups in total. The second kappa shape index (κ2) is 4.26. The van der Waals surface area contributed by atoms with Crippen molar-refractivity contribution in [2.45, 2.75) is 6.92 Å². The lowest BCUT2D eigenvalue weighted by Gasteiger charge is -2.11. The predicted octanol–water partition coefficient (Wildman–Crippen LogP) is 2.72. The standard InChI is InChI=1S/C13H12ClNO2/c1-8-7-9(16)3-4-10(8)12-6-5-11(14)13(17)15(12)2/h3-7,16H,1-2H3. The molecule has 17 heavy (non-hydrogen) atoms. The first-order valence-corrected chi connectivity index (χ1v) is 5.54. The summed E-state index contributed by atoms with van der Waals surface area (Å²) in [4.78, 5) is 11.7. The van der Waals surface area contributed by atoms with Crippen LogP contribution >= 0.6 is 11.6 Å². The number of aromatic hydroxyl groups is 1. The molecule has 1 heterocycles. The van der Waals surface area contributed by atoms with Gasteiger partial charge in [0.05, 0.1) is 5.69 Å². The van der Waals surface area contributed by atoms with Gasteiger partial charge in [-0.3, -0.25) is 4.79 Å². The average molecular weight is 250 g/mol. The van der Waals surface area contributed by atoms with Crippen LogP contribution in [0.5, 0.6) is 5.75 Å². The molecule has 1 aromatic heterocycles. The largest absolute Gasteiger partial charge is 0.508 e. The zero-order valence-corrected chi connectivity index (χ0v) is 10.3. The lowest BCUT2D eigenvalue weighted by atomic mass is 10.0. The summed E-state index contributed by atoms with van der Waals surface area (Å²) in [6.07, 6.45) is 0. The van der Waals surface area contributed by atoms with Crippen LogP contribution in [0, 0.1) is 6.92 Å². The second-order valence-electron chi connectivity index (χ2n) is 3.93. The molecule has 1 aromatic carbocycles. The first kappa shape index (κ1) is 11.7. The molecule has 3 nitrogen and oxygen atoms in total. The average Bonchev–Trinajstić information content (AvgIpc) is 2.28. The number of pyridine rings is 1. The van der Waals surface area contributed by atoms with E-state index in [0.29, 0.717) is 0 Å². The molecule has 88 valence electrons. The summed E-state index contributed by atoms with van der Waals surface area (Å²) in [5.74, 6) is 0.213. The number of nitrogens with zero attached hydrogens (tertiary/aromatic N) is 1. The number of rotatable bonds is 1. The normalized spacial score (nSPS) is 10.5. The quantitative estimate of drug-likeness (QED) is 0.844. The van der Waals surface area contributed by atoms with Gasteiger partial charge in [-0.15, -0.1) is 0 Å². The molecule has 0 radical (unpaired) electrons. The molecule has 0 saturated carbocycles. The fourth-order valence-electron chi connectivity index (χ4n) is 1.81. The lowest BCUT2D eigenvalue weighted by Crippen LogP contribution is -2.18. The first-order valence-electron chi connectivity index (χ1n) is 5.16. The van der Waals surface area contributed by atoms with E-state index in [1.54, 1.807) is 37.4 Å². The number of phenols is 1. The smallest absolute Gasteiger partial charge is 0.269 e. The highest BCUT2D eigenvalue weighted by Gasteiger charge is 2.08. The summed E-state index contributed by atoms with van der Waals surface area (Å²) in [5.41, 5.74) is 2.36. The van der Waals surface area contributed by atoms with Crippen molar-refractivity contribution in [1.82, 2.24) is 4.57 Å². The van der Waals surface area contributed by atoms with Crippen molar-refractivity contribution >= 4 is 11.6 Å². The summed E-state index contributed by atoms with van der Waals surface area (Å²) in [6, 6.07) is 8.43. The maximum absolute atomic E-state index is 11.7. The Bertz CT molecular complexity index is 632. The Morgan fingerprint density at radius 1 is 1.24 bits per heavy atom. The lowest BCUT2D eigenvalue weighted by molar-refractivity contribution is 0.475. The van der Waals surface area contributed by atoms with Gasteiger partial charge in [0.25, 0.3) is 5.56 Å². The van der Waals surface area contributed by atoms with Crippen LogP contribution in [0.2, 0.25) is 5.02 Å². The molecule has 2 aromatic rings. The van der Waals surface area contributed by atoms with Crippen LogP contribution in [0.25, 0.3) is 11.3 Å². The highest BCUT2D eigenvalue weighted by atomic mass is 35.5. The van der Waals surface area contributed by atoms with E-state index in [4.69, 9.17) is 11.6 Å². The molecule has 0 aliphatic heterocycles. The molecule has 2 rings (SSSR count). The van der Waals surface area contributed by atoms with E-state index >= 15 is 0 Å². The summed E-state index contributed by atoms with van der Waals surface area (Å²) in [7, 11) is 1.68. The Morgan fingerprint density at radius 2 is 1.94 bits per heavy atom. The van der Waals surface area contributed by atoms with Gasteiger partial charge in [0.1, 0.15) is 10.8 Å². The third-order valence-electron chi connectivity index (χ3n) is 2.74. The minimum Gasteiger partial charge on any atom is -0.508 e. The van der Waals surface area contributed by atoms with E-state index in [0.717, 1.165) is 16.8 Å². The second-order valence-corrected chi connectivity index (χ2v) is 4.34. The van der Waals surface area contributed by atoms with E-state index in [9.17, 15) is 9.90 Å². The summed E-state index contributed by atoms with van der Waals surface area (Å²) in [5, 5.41) is 9.56. The summed E-state index contributed by atoms with van der Waals surface area (Å²) < 4.78 is 1.50. The molecular weight excluding hydrogens is 238 g/mol. The molecule has 0 fully saturated rings. The van der Waals surface area contributed by atoms with E-state index in [1.807, 2.05) is 6.92 Å². The Hall–Kier alpha value is -1.74. The zero-order chi connectivity index (χ0) is 12.6. The molecule has 4 heteroatoms. The van der Waals surface area contributed by atoms with Crippen molar-refractivity contribution < 1.29 is 5.11 Å². The van der Waals surface area contributed by atoms with Gasteiger partial charge < -0.3 is 9.67 Å². The van der Waals surface area contributed by atoms with E-state index < -0.39 is 0 Å². The molecule has 0 spiro atoms. The van der Waals surface area contributed by atoms with Crippen LogP contribution < -0.4 is 5.56 Å². The number of aromatic nitrogens is 1. The number of halogens is 1. The fraction of sp³-hybridized carbons (Fsp3) is 0.154. The molecular formula is C13H12ClNO2. The highest BCUT2D eigenvalue weighted by molar-refractivity contribution is 6.30.